The molecule has 0 saturated carbocycles. The first kappa shape index (κ1) is 14.0. The Morgan fingerprint density at radius 3 is 2.68 bits per heavy atom. The summed E-state index contributed by atoms with van der Waals surface area (Å²) in [6.45, 7) is 2.45. The Balaban J connectivity index is 2.19. The molecule has 0 aliphatic heterocycles. The molecule has 1 nitrogen and oxygen atoms in total. The second kappa shape index (κ2) is 6.69. The number of hydrogen-bond donors (Lipinski definition) is 0. The van der Waals surface area contributed by atoms with Gasteiger partial charge in [0.25, 0.3) is 0 Å². The number of rotatable bonds is 5. The first-order valence-corrected chi connectivity index (χ1v) is 7.04. The van der Waals surface area contributed by atoms with E-state index < -0.39 is 11.6 Å². The fourth-order valence-corrected chi connectivity index (χ4v) is 2.30. The summed E-state index contributed by atoms with van der Waals surface area (Å²) < 4.78 is 33.2. The van der Waals surface area contributed by atoms with Crippen molar-refractivity contribution < 1.29 is 13.5 Å². The molecule has 0 N–H and O–H groups in total. The predicted octanol–water partition coefficient (Wildman–Crippen LogP) is 5.10. The largest absolute Gasteiger partial charge is 0.490 e. The van der Waals surface area contributed by atoms with Gasteiger partial charge in [0.15, 0.2) is 11.6 Å². The number of halogens is 2. The summed E-state index contributed by atoms with van der Waals surface area (Å²) in [5, 5.41) is 0. The summed E-state index contributed by atoms with van der Waals surface area (Å²) in [5.74, 6) is -1.62. The smallest absolute Gasteiger partial charge is 0.201 e. The molecule has 0 aromatic heterocycles. The molecule has 0 spiro atoms. The fraction of sp³-hybridized carbons (Fsp3) is 0.500. The monoisotopic (exact) mass is 266 g/mol. The highest BCUT2D eigenvalue weighted by atomic mass is 19.2. The Bertz CT molecular complexity index is 466. The molecule has 2 rings (SSSR count). The van der Waals surface area contributed by atoms with E-state index in [2.05, 4.69) is 0 Å². The van der Waals surface area contributed by atoms with Gasteiger partial charge in [-0.15, -0.1) is 0 Å². The van der Waals surface area contributed by atoms with Crippen LogP contribution in [0.25, 0.3) is 5.57 Å². The van der Waals surface area contributed by atoms with E-state index in [0.29, 0.717) is 12.2 Å². The average molecular weight is 266 g/mol. The second-order valence-corrected chi connectivity index (χ2v) is 4.92. The number of hydrogen-bond acceptors (Lipinski definition) is 1. The molecular weight excluding hydrogens is 246 g/mol. The summed E-state index contributed by atoms with van der Waals surface area (Å²) in [5.41, 5.74) is 1.31. The number of unbranched alkanes of at least 4 members (excludes halogenated alkanes) is 1. The van der Waals surface area contributed by atoms with Gasteiger partial charge in [0.1, 0.15) is 0 Å². The van der Waals surface area contributed by atoms with E-state index >= 15 is 0 Å². The van der Waals surface area contributed by atoms with Crippen molar-refractivity contribution in [3.8, 4) is 5.75 Å². The predicted molar refractivity (Wildman–Crippen MR) is 73.2 cm³/mol. The lowest BCUT2D eigenvalue weighted by atomic mass is 9.93. The van der Waals surface area contributed by atoms with Crippen molar-refractivity contribution in [3.05, 3.63) is 35.4 Å². The Labute approximate surface area is 113 Å². The maximum atomic E-state index is 14.1. The molecule has 19 heavy (non-hydrogen) atoms. The Morgan fingerprint density at radius 1 is 1.16 bits per heavy atom. The third-order valence-electron chi connectivity index (χ3n) is 3.44. The van der Waals surface area contributed by atoms with Crippen LogP contribution in [0.15, 0.2) is 18.2 Å². The van der Waals surface area contributed by atoms with E-state index in [0.717, 1.165) is 44.1 Å². The number of allylic oxidation sites excluding steroid dienone is 2. The minimum atomic E-state index is -0.861. The van der Waals surface area contributed by atoms with Gasteiger partial charge in [-0.25, -0.2) is 4.39 Å². The number of benzene rings is 1. The minimum absolute atomic E-state index is 0.0195. The van der Waals surface area contributed by atoms with Crippen LogP contribution in [0.3, 0.4) is 0 Å². The van der Waals surface area contributed by atoms with Gasteiger partial charge in [-0.3, -0.25) is 0 Å². The summed E-state index contributed by atoms with van der Waals surface area (Å²) >= 11 is 0. The molecule has 1 aliphatic carbocycles. The first-order valence-electron chi connectivity index (χ1n) is 7.04. The zero-order valence-electron chi connectivity index (χ0n) is 11.3. The molecule has 0 amide bonds. The van der Waals surface area contributed by atoms with Gasteiger partial charge in [-0.2, -0.15) is 4.39 Å². The molecule has 3 heteroatoms. The van der Waals surface area contributed by atoms with Crippen LogP contribution in [0.2, 0.25) is 0 Å². The average Bonchev–Trinajstić information content (AvgIpc) is 2.45. The van der Waals surface area contributed by atoms with Crippen molar-refractivity contribution in [3.63, 3.8) is 0 Å². The van der Waals surface area contributed by atoms with Crippen molar-refractivity contribution in [2.24, 2.45) is 0 Å². The standard InChI is InChI=1S/C16H20F2O/c1-2-3-11-19-14-10-9-13(15(17)16(14)18)12-7-5-4-6-8-12/h7,9-10H,2-6,8,11H2,1H3. The van der Waals surface area contributed by atoms with Crippen LogP contribution >= 0.6 is 0 Å². The van der Waals surface area contributed by atoms with Crippen molar-refractivity contribution >= 4 is 5.57 Å². The van der Waals surface area contributed by atoms with Crippen LogP contribution in [-0.2, 0) is 0 Å². The Hall–Kier alpha value is -1.38. The zero-order chi connectivity index (χ0) is 13.7. The molecule has 1 aromatic carbocycles. The molecule has 0 fully saturated rings. The lowest BCUT2D eigenvalue weighted by Crippen LogP contribution is -2.03. The van der Waals surface area contributed by atoms with Crippen molar-refractivity contribution in [1.82, 2.24) is 0 Å². The van der Waals surface area contributed by atoms with Crippen LogP contribution in [0.1, 0.15) is 51.0 Å². The SMILES string of the molecule is CCCCOc1ccc(C2=CCCCC2)c(F)c1F. The van der Waals surface area contributed by atoms with Crippen molar-refractivity contribution in [2.75, 3.05) is 6.61 Å². The molecular formula is C16H20F2O. The van der Waals surface area contributed by atoms with Crippen LogP contribution in [0.4, 0.5) is 8.78 Å². The second-order valence-electron chi connectivity index (χ2n) is 4.92. The zero-order valence-corrected chi connectivity index (χ0v) is 11.3. The molecule has 0 heterocycles. The summed E-state index contributed by atoms with van der Waals surface area (Å²) in [7, 11) is 0. The van der Waals surface area contributed by atoms with Gasteiger partial charge in [-0.1, -0.05) is 19.4 Å². The third kappa shape index (κ3) is 3.34. The summed E-state index contributed by atoms with van der Waals surface area (Å²) in [6, 6.07) is 3.18. The van der Waals surface area contributed by atoms with Crippen LogP contribution in [0, 0.1) is 11.6 Å². The lowest BCUT2D eigenvalue weighted by Gasteiger charge is -2.15. The van der Waals surface area contributed by atoms with E-state index in [4.69, 9.17) is 4.74 Å². The van der Waals surface area contributed by atoms with Crippen LogP contribution < -0.4 is 4.74 Å². The molecule has 0 bridgehead atoms. The molecule has 1 aliphatic rings. The highest BCUT2D eigenvalue weighted by Gasteiger charge is 2.17. The van der Waals surface area contributed by atoms with E-state index in [1.165, 1.54) is 0 Å². The summed E-state index contributed by atoms with van der Waals surface area (Å²) in [4.78, 5) is 0. The molecule has 1 aromatic rings. The molecule has 0 radical (unpaired) electrons. The molecule has 0 saturated heterocycles. The molecule has 0 unspecified atom stereocenters. The van der Waals surface area contributed by atoms with Gasteiger partial charge in [0.05, 0.1) is 6.61 Å². The Kier molecular flexibility index (Phi) is 4.94. The lowest BCUT2D eigenvalue weighted by molar-refractivity contribution is 0.288. The fourth-order valence-electron chi connectivity index (χ4n) is 2.30. The van der Waals surface area contributed by atoms with E-state index in [-0.39, 0.29) is 5.75 Å². The molecule has 104 valence electrons. The van der Waals surface area contributed by atoms with Crippen molar-refractivity contribution in [2.45, 2.75) is 45.4 Å². The van der Waals surface area contributed by atoms with Crippen molar-refractivity contribution in [1.29, 1.82) is 0 Å². The maximum Gasteiger partial charge on any atom is 0.201 e. The van der Waals surface area contributed by atoms with Gasteiger partial charge >= 0.3 is 0 Å². The maximum absolute atomic E-state index is 14.1. The van der Waals surface area contributed by atoms with Gasteiger partial charge in [0, 0.05) is 5.56 Å². The van der Waals surface area contributed by atoms with E-state index in [1.54, 1.807) is 12.1 Å². The van der Waals surface area contributed by atoms with Crippen LogP contribution in [-0.4, -0.2) is 6.61 Å². The minimum Gasteiger partial charge on any atom is -0.490 e. The normalized spacial score (nSPS) is 15.2. The van der Waals surface area contributed by atoms with Gasteiger partial charge in [0.2, 0.25) is 5.82 Å². The first-order chi connectivity index (χ1) is 9.24. The highest BCUT2D eigenvalue weighted by molar-refractivity contribution is 5.67. The third-order valence-corrected chi connectivity index (χ3v) is 3.44. The molecule has 0 atom stereocenters. The summed E-state index contributed by atoms with van der Waals surface area (Å²) in [6.07, 6.45) is 7.77. The van der Waals surface area contributed by atoms with Gasteiger partial charge < -0.3 is 4.74 Å². The quantitative estimate of drug-likeness (QED) is 0.674. The van der Waals surface area contributed by atoms with E-state index in [1.807, 2.05) is 13.0 Å². The number of ether oxygens (including phenoxy) is 1. The van der Waals surface area contributed by atoms with Gasteiger partial charge in [-0.05, 0) is 49.8 Å². The van der Waals surface area contributed by atoms with E-state index in [9.17, 15) is 8.78 Å². The highest BCUT2D eigenvalue weighted by Crippen LogP contribution is 2.32. The topological polar surface area (TPSA) is 9.23 Å². The Morgan fingerprint density at radius 2 is 2.00 bits per heavy atom. The van der Waals surface area contributed by atoms with Crippen LogP contribution in [0.5, 0.6) is 5.75 Å².